The second-order valence-corrected chi connectivity index (χ2v) is 10.3. The highest BCUT2D eigenvalue weighted by Gasteiger charge is 2.04. The molecule has 0 N–H and O–H groups in total. The maximum Gasteiger partial charge on any atom is 0.387 e. The Morgan fingerprint density at radius 3 is 1.60 bits per heavy atom. The largest absolute Gasteiger partial charge is 0.435 e. The minimum absolute atomic E-state index is 0.208. The zero-order valence-corrected chi connectivity index (χ0v) is 23.3. The molecular weight excluding hydrogens is 485 g/mol. The summed E-state index contributed by atoms with van der Waals surface area (Å²) in [6.45, 7) is 12.2. The second kappa shape index (κ2) is 15.8. The summed E-state index contributed by atoms with van der Waals surface area (Å²) in [5.74, 6) is 1.88. The lowest BCUT2D eigenvalue weighted by Gasteiger charge is -2.07. The lowest BCUT2D eigenvalue weighted by molar-refractivity contribution is -0.0498. The first kappa shape index (κ1) is 30.9. The highest BCUT2D eigenvalue weighted by atomic mass is 35.5. The quantitative estimate of drug-likeness (QED) is 0.312. The fraction of sp³-hybridized carbons (Fsp3) is 0.400. The van der Waals surface area contributed by atoms with E-state index in [-0.39, 0.29) is 5.75 Å². The molecule has 35 heavy (non-hydrogen) atoms. The van der Waals surface area contributed by atoms with Gasteiger partial charge in [-0.15, -0.1) is 0 Å². The Hall–Kier alpha value is -2.10. The van der Waals surface area contributed by atoms with Crippen LogP contribution in [0.25, 0.3) is 0 Å². The molecule has 0 saturated heterocycles. The fourth-order valence-corrected chi connectivity index (χ4v) is 3.58. The zero-order valence-electron chi connectivity index (χ0n) is 21.8. The van der Waals surface area contributed by atoms with Crippen LogP contribution in [0.3, 0.4) is 0 Å². The number of hydrogen-bond donors (Lipinski definition) is 0. The molecule has 0 aliphatic rings. The standard InChI is InChI=1S/C11H15Cl.C10H12F2O.C9H11Cl/c1-8(2)6-10-5-4-9(3)7-11(10)12;1-7(2)8-3-5-9(6-4-8)13-10(11)12;1-7(2)8-3-5-9(10)6-4-8/h4-5,7-8H,6H2,1-3H3;3-7,10H,1-2H3;3-7H,1-2H3. The van der Waals surface area contributed by atoms with Crippen molar-refractivity contribution in [2.75, 3.05) is 0 Å². The normalized spacial score (nSPS) is 10.7. The van der Waals surface area contributed by atoms with E-state index >= 15 is 0 Å². The Balaban J connectivity index is 0.000000265. The Labute approximate surface area is 220 Å². The zero-order chi connectivity index (χ0) is 26.5. The van der Waals surface area contributed by atoms with Gasteiger partial charge in [-0.1, -0.05) is 101 Å². The molecule has 0 bridgehead atoms. The van der Waals surface area contributed by atoms with Crippen LogP contribution in [-0.4, -0.2) is 6.61 Å². The summed E-state index contributed by atoms with van der Waals surface area (Å²) in [5.41, 5.74) is 4.94. The van der Waals surface area contributed by atoms with Gasteiger partial charge in [0.25, 0.3) is 0 Å². The van der Waals surface area contributed by atoms with Crippen LogP contribution in [0.15, 0.2) is 66.7 Å². The number of benzene rings is 3. The number of ether oxygens (including phenoxy) is 1. The first-order chi connectivity index (χ1) is 16.4. The Morgan fingerprint density at radius 2 is 1.20 bits per heavy atom. The van der Waals surface area contributed by atoms with Crippen molar-refractivity contribution in [3.8, 4) is 5.75 Å². The van der Waals surface area contributed by atoms with E-state index in [0.717, 1.165) is 22.0 Å². The highest BCUT2D eigenvalue weighted by Crippen LogP contribution is 2.21. The molecule has 0 aliphatic heterocycles. The second-order valence-electron chi connectivity index (χ2n) is 9.50. The van der Waals surface area contributed by atoms with Crippen molar-refractivity contribution >= 4 is 23.2 Å². The van der Waals surface area contributed by atoms with Gasteiger partial charge < -0.3 is 4.74 Å². The van der Waals surface area contributed by atoms with Gasteiger partial charge in [-0.05, 0) is 83.7 Å². The van der Waals surface area contributed by atoms with Crippen LogP contribution < -0.4 is 4.74 Å². The van der Waals surface area contributed by atoms with Crippen LogP contribution in [0.4, 0.5) is 8.78 Å². The van der Waals surface area contributed by atoms with Gasteiger partial charge in [0, 0.05) is 10.0 Å². The summed E-state index contributed by atoms with van der Waals surface area (Å²) in [7, 11) is 0. The van der Waals surface area contributed by atoms with E-state index in [2.05, 4.69) is 63.6 Å². The number of hydrogen-bond acceptors (Lipinski definition) is 1. The van der Waals surface area contributed by atoms with Crippen molar-refractivity contribution in [3.05, 3.63) is 99.0 Å². The van der Waals surface area contributed by atoms with Gasteiger partial charge in [-0.2, -0.15) is 8.78 Å². The van der Waals surface area contributed by atoms with E-state index in [1.165, 1.54) is 16.7 Å². The molecular formula is C30H38Cl2F2O. The molecule has 0 spiro atoms. The molecule has 192 valence electrons. The molecule has 3 aromatic rings. The first-order valence-electron chi connectivity index (χ1n) is 11.9. The predicted molar refractivity (Wildman–Crippen MR) is 147 cm³/mol. The first-order valence-corrected chi connectivity index (χ1v) is 12.7. The van der Waals surface area contributed by atoms with Gasteiger partial charge in [0.05, 0.1) is 0 Å². The van der Waals surface area contributed by atoms with Crippen molar-refractivity contribution in [3.63, 3.8) is 0 Å². The molecule has 1 nitrogen and oxygen atoms in total. The topological polar surface area (TPSA) is 9.23 Å². The minimum Gasteiger partial charge on any atom is -0.435 e. The van der Waals surface area contributed by atoms with Gasteiger partial charge >= 0.3 is 6.61 Å². The van der Waals surface area contributed by atoms with Gasteiger partial charge in [-0.25, -0.2) is 0 Å². The Morgan fingerprint density at radius 1 is 0.714 bits per heavy atom. The number of rotatable bonds is 6. The number of alkyl halides is 2. The van der Waals surface area contributed by atoms with Gasteiger partial charge in [-0.3, -0.25) is 0 Å². The minimum atomic E-state index is -2.75. The molecule has 0 heterocycles. The molecule has 0 aromatic heterocycles. The van der Waals surface area contributed by atoms with E-state index in [0.29, 0.717) is 17.8 Å². The molecule has 0 unspecified atom stereocenters. The average Bonchev–Trinajstić information content (AvgIpc) is 2.77. The number of halogens is 4. The van der Waals surface area contributed by atoms with Crippen molar-refractivity contribution in [1.29, 1.82) is 0 Å². The van der Waals surface area contributed by atoms with Gasteiger partial charge in [0.15, 0.2) is 0 Å². The monoisotopic (exact) mass is 522 g/mol. The summed E-state index contributed by atoms with van der Waals surface area (Å²) in [6, 6.07) is 20.9. The van der Waals surface area contributed by atoms with Crippen LogP contribution in [0.2, 0.25) is 10.0 Å². The summed E-state index contributed by atoms with van der Waals surface area (Å²) in [5, 5.41) is 1.72. The lowest BCUT2D eigenvalue weighted by atomic mass is 10.0. The fourth-order valence-electron chi connectivity index (χ4n) is 3.14. The molecule has 0 fully saturated rings. The summed E-state index contributed by atoms with van der Waals surface area (Å²) < 4.78 is 27.7. The smallest absolute Gasteiger partial charge is 0.387 e. The SMILES string of the molecule is CC(C)c1ccc(Cl)cc1.CC(C)c1ccc(OC(F)F)cc1.Cc1ccc(CC(C)C)c(Cl)c1. The third kappa shape index (κ3) is 13.0. The van der Waals surface area contributed by atoms with Crippen molar-refractivity contribution < 1.29 is 13.5 Å². The molecule has 0 aliphatic carbocycles. The summed E-state index contributed by atoms with van der Waals surface area (Å²) >= 11 is 11.8. The maximum absolute atomic E-state index is 11.8. The van der Waals surface area contributed by atoms with Crippen molar-refractivity contribution in [2.45, 2.75) is 73.3 Å². The third-order valence-corrected chi connectivity index (χ3v) is 5.75. The predicted octanol–water partition coefficient (Wildman–Crippen LogP) is 10.7. The summed E-state index contributed by atoms with van der Waals surface area (Å²) in [6.07, 6.45) is 1.07. The average molecular weight is 524 g/mol. The van der Waals surface area contributed by atoms with E-state index < -0.39 is 6.61 Å². The van der Waals surface area contributed by atoms with Crippen molar-refractivity contribution in [1.82, 2.24) is 0 Å². The van der Waals surface area contributed by atoms with E-state index in [9.17, 15) is 8.78 Å². The molecule has 0 atom stereocenters. The van der Waals surface area contributed by atoms with Crippen LogP contribution in [-0.2, 0) is 6.42 Å². The van der Waals surface area contributed by atoms with Gasteiger partial charge in [0.2, 0.25) is 0 Å². The van der Waals surface area contributed by atoms with Crippen LogP contribution >= 0.6 is 23.2 Å². The van der Waals surface area contributed by atoms with E-state index in [1.807, 2.05) is 32.0 Å². The van der Waals surface area contributed by atoms with Crippen LogP contribution in [0.1, 0.15) is 75.6 Å². The van der Waals surface area contributed by atoms with E-state index in [1.54, 1.807) is 24.3 Å². The van der Waals surface area contributed by atoms with E-state index in [4.69, 9.17) is 23.2 Å². The van der Waals surface area contributed by atoms with Gasteiger partial charge in [0.1, 0.15) is 5.75 Å². The maximum atomic E-state index is 11.8. The molecule has 3 aromatic carbocycles. The molecule has 5 heteroatoms. The molecule has 0 radical (unpaired) electrons. The van der Waals surface area contributed by atoms with Crippen molar-refractivity contribution in [2.24, 2.45) is 5.92 Å². The molecule has 0 saturated carbocycles. The Kier molecular flexibility index (Phi) is 14.0. The van der Waals surface area contributed by atoms with Crippen LogP contribution in [0.5, 0.6) is 5.75 Å². The summed E-state index contributed by atoms with van der Waals surface area (Å²) in [4.78, 5) is 0. The molecule has 0 amide bonds. The molecule has 3 rings (SSSR count). The third-order valence-electron chi connectivity index (χ3n) is 5.15. The Bertz CT molecular complexity index is 982. The van der Waals surface area contributed by atoms with Crippen LogP contribution in [0, 0.1) is 12.8 Å². The number of aryl methyl sites for hydroxylation is 1. The highest BCUT2D eigenvalue weighted by molar-refractivity contribution is 6.31. The lowest BCUT2D eigenvalue weighted by Crippen LogP contribution is -2.01.